The molecule has 1 atom stereocenters. The average Bonchev–Trinajstić information content (AvgIpc) is 3.21. The number of nitro benzene ring substituents is 1. The quantitative estimate of drug-likeness (QED) is 0.318. The van der Waals surface area contributed by atoms with Crippen molar-refractivity contribution in [1.29, 1.82) is 0 Å². The number of nitrogens with zero attached hydrogens (tertiary/aromatic N) is 2. The zero-order valence-electron chi connectivity index (χ0n) is 17.3. The summed E-state index contributed by atoms with van der Waals surface area (Å²) in [5.74, 6) is -0.315. The summed E-state index contributed by atoms with van der Waals surface area (Å²) in [4.78, 5) is 37.6. The fourth-order valence-corrected chi connectivity index (χ4v) is 3.79. The number of methoxy groups -OCH3 is 1. The van der Waals surface area contributed by atoms with E-state index in [9.17, 15) is 19.7 Å². The predicted octanol–water partition coefficient (Wildman–Crippen LogP) is 3.95. The van der Waals surface area contributed by atoms with Gasteiger partial charge in [-0.05, 0) is 17.2 Å². The molecule has 0 fully saturated rings. The molecule has 0 saturated carbocycles. The van der Waals surface area contributed by atoms with Crippen molar-refractivity contribution in [2.24, 2.45) is 0 Å². The zero-order valence-corrected chi connectivity index (χ0v) is 17.3. The van der Waals surface area contributed by atoms with E-state index in [1.54, 1.807) is 12.1 Å². The van der Waals surface area contributed by atoms with Crippen LogP contribution < -0.4 is 14.4 Å². The number of benzene rings is 3. The zero-order chi connectivity index (χ0) is 22.7. The van der Waals surface area contributed by atoms with Crippen LogP contribution in [0.5, 0.6) is 11.5 Å². The van der Waals surface area contributed by atoms with Gasteiger partial charge in [-0.2, -0.15) is 0 Å². The Morgan fingerprint density at radius 3 is 2.53 bits per heavy atom. The largest absolute Gasteiger partial charge is 0.493 e. The Morgan fingerprint density at radius 2 is 1.84 bits per heavy atom. The van der Waals surface area contributed by atoms with E-state index in [0.717, 1.165) is 11.1 Å². The fraction of sp³-hybridized carbons (Fsp3) is 0.167. The first-order valence-corrected chi connectivity index (χ1v) is 9.93. The van der Waals surface area contributed by atoms with Crippen LogP contribution in [0.2, 0.25) is 0 Å². The van der Waals surface area contributed by atoms with Crippen molar-refractivity contribution in [3.63, 3.8) is 0 Å². The summed E-state index contributed by atoms with van der Waals surface area (Å²) >= 11 is 0. The highest BCUT2D eigenvalue weighted by molar-refractivity contribution is 6.12. The lowest BCUT2D eigenvalue weighted by Gasteiger charge is -2.22. The molecule has 8 nitrogen and oxygen atoms in total. The van der Waals surface area contributed by atoms with Gasteiger partial charge in [-0.25, -0.2) is 0 Å². The molecule has 0 saturated heterocycles. The number of carbonyl (C=O) groups is 2. The third-order valence-corrected chi connectivity index (χ3v) is 5.33. The molecule has 0 radical (unpaired) electrons. The van der Waals surface area contributed by atoms with Crippen LogP contribution in [0.3, 0.4) is 0 Å². The van der Waals surface area contributed by atoms with E-state index in [1.807, 2.05) is 42.5 Å². The first kappa shape index (κ1) is 21.0. The topological polar surface area (TPSA) is 99.0 Å². The molecule has 0 aromatic heterocycles. The second-order valence-electron chi connectivity index (χ2n) is 7.26. The average molecular weight is 432 g/mol. The molecule has 4 rings (SSSR count). The number of rotatable bonds is 7. The molecule has 1 unspecified atom stereocenters. The molecule has 1 amide bonds. The van der Waals surface area contributed by atoms with E-state index in [1.165, 1.54) is 24.1 Å². The van der Waals surface area contributed by atoms with Crippen molar-refractivity contribution in [2.75, 3.05) is 12.0 Å². The molecule has 162 valence electrons. The highest BCUT2D eigenvalue weighted by atomic mass is 16.6. The molecule has 0 N–H and O–H groups in total. The number of amides is 1. The van der Waals surface area contributed by atoms with Crippen LogP contribution in [0, 0.1) is 10.1 Å². The van der Waals surface area contributed by atoms with Crippen LogP contribution in [-0.4, -0.2) is 30.3 Å². The minimum absolute atomic E-state index is 0.147. The highest BCUT2D eigenvalue weighted by Gasteiger charge is 2.37. The number of fused-ring (bicyclic) bond motifs is 1. The number of ether oxygens (including phenoxy) is 2. The molecule has 0 bridgehead atoms. The van der Waals surface area contributed by atoms with E-state index in [4.69, 9.17) is 9.47 Å². The summed E-state index contributed by atoms with van der Waals surface area (Å²) in [6.07, 6.45) is 1.03. The second-order valence-corrected chi connectivity index (χ2v) is 7.26. The smallest absolute Gasteiger partial charge is 0.286 e. The highest BCUT2D eigenvalue weighted by Crippen LogP contribution is 2.39. The van der Waals surface area contributed by atoms with Gasteiger partial charge in [0.1, 0.15) is 18.5 Å². The van der Waals surface area contributed by atoms with Gasteiger partial charge in [0, 0.05) is 18.2 Å². The van der Waals surface area contributed by atoms with E-state index >= 15 is 0 Å². The standard InChI is InChI=1S/C24H20N2O6/c1-31-22-12-19(24(28)25-18(14-27)11-17-9-5-6-10-20(17)25)21(26(29)30)13-23(22)32-15-16-7-3-2-4-8-16/h2-10,12-14,18H,11,15H2,1H3. The van der Waals surface area contributed by atoms with E-state index in [2.05, 4.69) is 0 Å². The minimum atomic E-state index is -0.737. The van der Waals surface area contributed by atoms with Gasteiger partial charge in [-0.3, -0.25) is 19.8 Å². The maximum absolute atomic E-state index is 13.4. The van der Waals surface area contributed by atoms with Crippen LogP contribution in [0.25, 0.3) is 0 Å². The summed E-state index contributed by atoms with van der Waals surface area (Å²) in [5.41, 5.74) is 1.66. The molecular formula is C24H20N2O6. The fourth-order valence-electron chi connectivity index (χ4n) is 3.79. The summed E-state index contributed by atoms with van der Waals surface area (Å²) in [5, 5.41) is 11.8. The molecule has 8 heteroatoms. The normalized spacial score (nSPS) is 14.5. The van der Waals surface area contributed by atoms with Gasteiger partial charge in [-0.15, -0.1) is 0 Å². The van der Waals surface area contributed by atoms with E-state index < -0.39 is 22.6 Å². The molecule has 0 aliphatic carbocycles. The molecular weight excluding hydrogens is 412 g/mol. The van der Waals surface area contributed by atoms with Gasteiger partial charge in [-0.1, -0.05) is 48.5 Å². The lowest BCUT2D eigenvalue weighted by Crippen LogP contribution is -2.39. The first-order chi connectivity index (χ1) is 15.5. The summed E-state index contributed by atoms with van der Waals surface area (Å²) < 4.78 is 11.1. The molecule has 0 spiro atoms. The first-order valence-electron chi connectivity index (χ1n) is 9.93. The summed E-state index contributed by atoms with van der Waals surface area (Å²) in [7, 11) is 1.39. The van der Waals surface area contributed by atoms with Gasteiger partial charge in [0.2, 0.25) is 0 Å². The number of para-hydroxylation sites is 1. The summed E-state index contributed by atoms with van der Waals surface area (Å²) in [6.45, 7) is 0.175. The maximum Gasteiger partial charge on any atom is 0.286 e. The number of anilines is 1. The van der Waals surface area contributed by atoms with Gasteiger partial charge in [0.05, 0.1) is 24.1 Å². The number of hydrogen-bond acceptors (Lipinski definition) is 6. The molecule has 1 aliphatic rings. The molecule has 3 aromatic rings. The van der Waals surface area contributed by atoms with Crippen molar-refractivity contribution >= 4 is 23.6 Å². The van der Waals surface area contributed by atoms with Gasteiger partial charge in [0.15, 0.2) is 11.5 Å². The number of hydrogen-bond donors (Lipinski definition) is 0. The Kier molecular flexibility index (Phi) is 5.85. The van der Waals surface area contributed by atoms with Crippen molar-refractivity contribution in [3.8, 4) is 11.5 Å². The van der Waals surface area contributed by atoms with Crippen molar-refractivity contribution in [2.45, 2.75) is 19.1 Å². The minimum Gasteiger partial charge on any atom is -0.493 e. The summed E-state index contributed by atoms with van der Waals surface area (Å²) in [6, 6.07) is 18.2. The molecule has 1 aliphatic heterocycles. The lowest BCUT2D eigenvalue weighted by atomic mass is 10.1. The number of aldehydes is 1. The van der Waals surface area contributed by atoms with Gasteiger partial charge in [0.25, 0.3) is 11.6 Å². The number of nitro groups is 1. The van der Waals surface area contributed by atoms with Gasteiger partial charge >= 0.3 is 0 Å². The monoisotopic (exact) mass is 432 g/mol. The van der Waals surface area contributed by atoms with Crippen LogP contribution in [0.1, 0.15) is 21.5 Å². The predicted molar refractivity (Wildman–Crippen MR) is 117 cm³/mol. The van der Waals surface area contributed by atoms with Crippen LogP contribution in [-0.2, 0) is 17.8 Å². The molecule has 3 aromatic carbocycles. The Bertz CT molecular complexity index is 1180. The number of carbonyl (C=O) groups excluding carboxylic acids is 2. The van der Waals surface area contributed by atoms with Crippen LogP contribution in [0.4, 0.5) is 11.4 Å². The Labute approximate surface area is 184 Å². The molecule has 32 heavy (non-hydrogen) atoms. The Hall–Kier alpha value is -4.20. The van der Waals surface area contributed by atoms with Gasteiger partial charge < -0.3 is 14.3 Å². The molecule has 1 heterocycles. The van der Waals surface area contributed by atoms with Crippen molar-refractivity contribution in [3.05, 3.63) is 93.5 Å². The third kappa shape index (κ3) is 3.90. The maximum atomic E-state index is 13.4. The van der Waals surface area contributed by atoms with Crippen molar-refractivity contribution < 1.29 is 24.0 Å². The van der Waals surface area contributed by atoms with Crippen LogP contribution in [0.15, 0.2) is 66.7 Å². The van der Waals surface area contributed by atoms with Crippen molar-refractivity contribution in [1.82, 2.24) is 0 Å². The second kappa shape index (κ2) is 8.89. The van der Waals surface area contributed by atoms with Crippen LogP contribution >= 0.6 is 0 Å². The lowest BCUT2D eigenvalue weighted by molar-refractivity contribution is -0.385. The van der Waals surface area contributed by atoms with E-state index in [-0.39, 0.29) is 23.7 Å². The Balaban J connectivity index is 1.73. The Morgan fingerprint density at radius 1 is 1.12 bits per heavy atom. The SMILES string of the molecule is COc1cc(C(=O)N2c3ccccc3CC2C=O)c([N+](=O)[O-])cc1OCc1ccccc1. The van der Waals surface area contributed by atoms with E-state index in [0.29, 0.717) is 18.4 Å². The third-order valence-electron chi connectivity index (χ3n) is 5.33.